The number of nitrogens with zero attached hydrogens (tertiary/aromatic N) is 2. The summed E-state index contributed by atoms with van der Waals surface area (Å²) < 4.78 is 0. The van der Waals surface area contributed by atoms with Crippen LogP contribution in [-0.2, 0) is 0 Å². The van der Waals surface area contributed by atoms with E-state index >= 15 is 0 Å². The molecule has 2 N–H and O–H groups in total. The molecular weight excluding hydrogens is 194 g/mol. The van der Waals surface area contributed by atoms with Crippen LogP contribution in [0.5, 0.6) is 0 Å². The fourth-order valence-corrected chi connectivity index (χ4v) is 1.99. The van der Waals surface area contributed by atoms with Crippen molar-refractivity contribution in [2.24, 2.45) is 0 Å². The van der Waals surface area contributed by atoms with Gasteiger partial charge in [-0.2, -0.15) is 0 Å². The molecule has 1 aromatic carbocycles. The maximum absolute atomic E-state index is 5.87. The van der Waals surface area contributed by atoms with E-state index < -0.39 is 0 Å². The third-order valence-electron chi connectivity index (χ3n) is 1.97. The maximum Gasteiger partial charge on any atom is 0.149 e. The number of hydrogen-bond donors (Lipinski definition) is 1. The molecule has 72 valence electrons. The van der Waals surface area contributed by atoms with Gasteiger partial charge in [0.15, 0.2) is 0 Å². The summed E-state index contributed by atoms with van der Waals surface area (Å²) in [6.45, 7) is 3.98. The molecule has 0 spiro atoms. The van der Waals surface area contributed by atoms with Crippen LogP contribution < -0.4 is 5.73 Å². The first-order valence-corrected chi connectivity index (χ1v) is 5.15. The van der Waals surface area contributed by atoms with E-state index in [-0.39, 0.29) is 0 Å². The van der Waals surface area contributed by atoms with E-state index in [4.69, 9.17) is 5.73 Å². The highest BCUT2D eigenvalue weighted by Gasteiger charge is 2.07. The molecule has 0 unspecified atom stereocenters. The molecule has 0 atom stereocenters. The van der Waals surface area contributed by atoms with Crippen molar-refractivity contribution in [3.05, 3.63) is 28.8 Å². The van der Waals surface area contributed by atoms with Gasteiger partial charge >= 0.3 is 0 Å². The average molecular weight is 205 g/mol. The lowest BCUT2D eigenvalue weighted by Gasteiger charge is -2.01. The SMILES string of the molecule is Cc1ccc(N)c(-c2nnc(C)s2)c1. The molecule has 1 aromatic heterocycles. The molecule has 2 rings (SSSR count). The number of rotatable bonds is 1. The molecule has 0 bridgehead atoms. The molecule has 2 aromatic rings. The highest BCUT2D eigenvalue weighted by Crippen LogP contribution is 2.28. The summed E-state index contributed by atoms with van der Waals surface area (Å²) in [7, 11) is 0. The molecule has 0 aliphatic rings. The van der Waals surface area contributed by atoms with E-state index in [0.29, 0.717) is 0 Å². The summed E-state index contributed by atoms with van der Waals surface area (Å²) in [5.74, 6) is 0. The maximum atomic E-state index is 5.87. The van der Waals surface area contributed by atoms with Crippen LogP contribution in [0.2, 0.25) is 0 Å². The van der Waals surface area contributed by atoms with Gasteiger partial charge in [-0.1, -0.05) is 23.0 Å². The Morgan fingerprint density at radius 1 is 1.21 bits per heavy atom. The highest BCUT2D eigenvalue weighted by molar-refractivity contribution is 7.14. The predicted octanol–water partition coefficient (Wildman–Crippen LogP) is 2.40. The number of anilines is 1. The Bertz CT molecular complexity index is 462. The van der Waals surface area contributed by atoms with Gasteiger partial charge in [0.1, 0.15) is 10.0 Å². The van der Waals surface area contributed by atoms with E-state index in [2.05, 4.69) is 10.2 Å². The van der Waals surface area contributed by atoms with E-state index in [1.165, 1.54) is 5.56 Å². The monoisotopic (exact) mass is 205 g/mol. The van der Waals surface area contributed by atoms with Gasteiger partial charge in [-0.15, -0.1) is 10.2 Å². The summed E-state index contributed by atoms with van der Waals surface area (Å²) in [6, 6.07) is 5.93. The van der Waals surface area contributed by atoms with Gasteiger partial charge in [0.25, 0.3) is 0 Å². The molecule has 4 heteroatoms. The number of aromatic nitrogens is 2. The van der Waals surface area contributed by atoms with Gasteiger partial charge in [-0.05, 0) is 26.0 Å². The van der Waals surface area contributed by atoms with Crippen molar-refractivity contribution in [3.63, 3.8) is 0 Å². The lowest BCUT2D eigenvalue weighted by Crippen LogP contribution is -1.90. The molecule has 0 amide bonds. The summed E-state index contributed by atoms with van der Waals surface area (Å²) in [6.07, 6.45) is 0. The minimum Gasteiger partial charge on any atom is -0.398 e. The topological polar surface area (TPSA) is 51.8 Å². The second-order valence-corrected chi connectivity index (χ2v) is 4.40. The normalized spacial score (nSPS) is 10.4. The van der Waals surface area contributed by atoms with Crippen LogP contribution in [0, 0.1) is 13.8 Å². The zero-order valence-corrected chi connectivity index (χ0v) is 8.93. The Hall–Kier alpha value is -1.42. The Kier molecular flexibility index (Phi) is 2.21. The number of nitrogen functional groups attached to an aromatic ring is 1. The van der Waals surface area contributed by atoms with Gasteiger partial charge in [-0.25, -0.2) is 0 Å². The van der Waals surface area contributed by atoms with E-state index in [1.54, 1.807) is 11.3 Å². The van der Waals surface area contributed by atoms with Crippen LogP contribution in [0.25, 0.3) is 10.6 Å². The largest absolute Gasteiger partial charge is 0.398 e. The lowest BCUT2D eigenvalue weighted by molar-refractivity contribution is 1.05. The van der Waals surface area contributed by atoms with Crippen LogP contribution in [0.15, 0.2) is 18.2 Å². The van der Waals surface area contributed by atoms with Crippen molar-refractivity contribution >= 4 is 17.0 Å². The van der Waals surface area contributed by atoms with E-state index in [9.17, 15) is 0 Å². The van der Waals surface area contributed by atoms with Crippen molar-refractivity contribution in [1.82, 2.24) is 10.2 Å². The van der Waals surface area contributed by atoms with Crippen LogP contribution >= 0.6 is 11.3 Å². The molecule has 0 saturated heterocycles. The zero-order chi connectivity index (χ0) is 10.1. The smallest absolute Gasteiger partial charge is 0.149 e. The quantitative estimate of drug-likeness (QED) is 0.727. The highest BCUT2D eigenvalue weighted by atomic mass is 32.1. The van der Waals surface area contributed by atoms with Crippen LogP contribution in [0.1, 0.15) is 10.6 Å². The number of hydrogen-bond acceptors (Lipinski definition) is 4. The third-order valence-corrected chi connectivity index (χ3v) is 2.84. The van der Waals surface area contributed by atoms with Crippen molar-refractivity contribution in [2.45, 2.75) is 13.8 Å². The van der Waals surface area contributed by atoms with E-state index in [0.717, 1.165) is 21.3 Å². The van der Waals surface area contributed by atoms with Crippen molar-refractivity contribution in [2.75, 3.05) is 5.73 Å². The Balaban J connectivity index is 2.55. The summed E-state index contributed by atoms with van der Waals surface area (Å²) in [5, 5.41) is 9.90. The molecule has 3 nitrogen and oxygen atoms in total. The van der Waals surface area contributed by atoms with Crippen molar-refractivity contribution in [1.29, 1.82) is 0 Å². The predicted molar refractivity (Wildman–Crippen MR) is 59.2 cm³/mol. The first-order valence-electron chi connectivity index (χ1n) is 4.33. The number of nitrogens with two attached hydrogens (primary N) is 1. The molecule has 14 heavy (non-hydrogen) atoms. The fraction of sp³-hybridized carbons (Fsp3) is 0.200. The Morgan fingerprint density at radius 2 is 2.00 bits per heavy atom. The Morgan fingerprint density at radius 3 is 2.64 bits per heavy atom. The lowest BCUT2D eigenvalue weighted by atomic mass is 10.1. The molecule has 0 aliphatic heterocycles. The molecule has 0 fully saturated rings. The van der Waals surface area contributed by atoms with Gasteiger partial charge in [0, 0.05) is 11.3 Å². The average Bonchev–Trinajstić information content (AvgIpc) is 2.56. The van der Waals surface area contributed by atoms with Crippen molar-refractivity contribution in [3.8, 4) is 10.6 Å². The zero-order valence-electron chi connectivity index (χ0n) is 8.11. The third kappa shape index (κ3) is 1.61. The number of benzene rings is 1. The van der Waals surface area contributed by atoms with Gasteiger partial charge in [0.2, 0.25) is 0 Å². The molecule has 1 heterocycles. The second kappa shape index (κ2) is 3.38. The fourth-order valence-electron chi connectivity index (χ4n) is 1.26. The molecule has 0 saturated carbocycles. The first-order chi connectivity index (χ1) is 6.66. The van der Waals surface area contributed by atoms with Crippen molar-refractivity contribution < 1.29 is 0 Å². The summed E-state index contributed by atoms with van der Waals surface area (Å²) in [4.78, 5) is 0. The van der Waals surface area contributed by atoms with Crippen LogP contribution in [0.4, 0.5) is 5.69 Å². The minimum absolute atomic E-state index is 0.756. The minimum atomic E-state index is 0.756. The summed E-state index contributed by atoms with van der Waals surface area (Å²) >= 11 is 1.56. The molecule has 0 aliphatic carbocycles. The number of aryl methyl sites for hydroxylation is 2. The Labute approximate surface area is 86.6 Å². The standard InChI is InChI=1S/C10H11N3S/c1-6-3-4-9(11)8(5-6)10-13-12-7(2)14-10/h3-5H,11H2,1-2H3. The van der Waals surface area contributed by atoms with Gasteiger partial charge in [-0.3, -0.25) is 0 Å². The first kappa shape index (κ1) is 9.15. The summed E-state index contributed by atoms with van der Waals surface area (Å²) in [5.41, 5.74) is 8.79. The second-order valence-electron chi connectivity index (χ2n) is 3.22. The van der Waals surface area contributed by atoms with Crippen LogP contribution in [-0.4, -0.2) is 10.2 Å². The van der Waals surface area contributed by atoms with E-state index in [1.807, 2.05) is 32.0 Å². The van der Waals surface area contributed by atoms with Crippen LogP contribution in [0.3, 0.4) is 0 Å². The molecular formula is C10H11N3S. The van der Waals surface area contributed by atoms with Gasteiger partial charge < -0.3 is 5.73 Å². The molecule has 0 radical (unpaired) electrons. The van der Waals surface area contributed by atoms with Gasteiger partial charge in [0.05, 0.1) is 0 Å².